The van der Waals surface area contributed by atoms with E-state index < -0.39 is 0 Å². The molecule has 5 nitrogen and oxygen atoms in total. The van der Waals surface area contributed by atoms with Crippen LogP contribution in [0.15, 0.2) is 76.9 Å². The van der Waals surface area contributed by atoms with Gasteiger partial charge in [0.25, 0.3) is 0 Å². The number of methoxy groups -OCH3 is 1. The van der Waals surface area contributed by atoms with Crippen LogP contribution in [0.5, 0.6) is 0 Å². The lowest BCUT2D eigenvalue weighted by atomic mass is 10.0. The van der Waals surface area contributed by atoms with Crippen LogP contribution in [0, 0.1) is 13.8 Å². The molecule has 0 saturated heterocycles. The molecule has 0 fully saturated rings. The average Bonchev–Trinajstić information content (AvgIpc) is 3.03. The number of ether oxygens (including phenoxy) is 1. The summed E-state index contributed by atoms with van der Waals surface area (Å²) in [5.41, 5.74) is 4.85. The number of benzene rings is 2. The maximum Gasteiger partial charge on any atom is 0.213 e. The van der Waals surface area contributed by atoms with Crippen molar-refractivity contribution < 1.29 is 9.53 Å². The second-order valence-corrected chi connectivity index (χ2v) is 6.73. The molecule has 29 heavy (non-hydrogen) atoms. The van der Waals surface area contributed by atoms with Crippen molar-refractivity contribution in [1.29, 1.82) is 0 Å². The van der Waals surface area contributed by atoms with Crippen LogP contribution in [0.1, 0.15) is 32.9 Å². The molecule has 0 amide bonds. The zero-order valence-corrected chi connectivity index (χ0v) is 17.0. The number of hydrogen-bond donors (Lipinski definition) is 0. The molecule has 0 bridgehead atoms. The highest BCUT2D eigenvalue weighted by atomic mass is 16.5. The van der Waals surface area contributed by atoms with Crippen LogP contribution < -0.4 is 0 Å². The molecular formula is C24H25N3O2. The van der Waals surface area contributed by atoms with Crippen molar-refractivity contribution in [3.8, 4) is 0 Å². The first-order valence-electron chi connectivity index (χ1n) is 9.53. The molecule has 148 valence electrons. The van der Waals surface area contributed by atoms with Crippen LogP contribution in [-0.2, 0) is 11.3 Å². The Kier molecular flexibility index (Phi) is 6.87. The number of hydrogen-bond acceptors (Lipinski definition) is 4. The molecule has 0 saturated carbocycles. The normalized spacial score (nSPS) is 11.9. The van der Waals surface area contributed by atoms with E-state index in [0.29, 0.717) is 17.9 Å². The van der Waals surface area contributed by atoms with Crippen molar-refractivity contribution in [2.75, 3.05) is 13.7 Å². The zero-order chi connectivity index (χ0) is 20.6. The number of aromatic nitrogens is 1. The molecular weight excluding hydrogens is 362 g/mol. The van der Waals surface area contributed by atoms with Gasteiger partial charge in [-0.3, -0.25) is 4.79 Å². The van der Waals surface area contributed by atoms with Gasteiger partial charge in [0.1, 0.15) is 5.71 Å². The number of rotatable bonds is 8. The minimum atomic E-state index is -0.153. The third kappa shape index (κ3) is 4.95. The van der Waals surface area contributed by atoms with Gasteiger partial charge in [-0.15, -0.1) is 5.10 Å². The fourth-order valence-electron chi connectivity index (χ4n) is 3.19. The minimum Gasteiger partial charge on any atom is -0.383 e. The number of aryl methyl sites for hydroxylation is 1. The summed E-state index contributed by atoms with van der Waals surface area (Å²) in [7, 11) is 1.69. The van der Waals surface area contributed by atoms with Crippen molar-refractivity contribution in [3.05, 3.63) is 94.8 Å². The zero-order valence-electron chi connectivity index (χ0n) is 17.0. The average molecular weight is 387 g/mol. The van der Waals surface area contributed by atoms with Gasteiger partial charge in [-0.1, -0.05) is 60.7 Å². The fourth-order valence-corrected chi connectivity index (χ4v) is 3.19. The number of carbonyl (C=O) groups excluding carboxylic acids is 1. The van der Waals surface area contributed by atoms with Crippen LogP contribution in [0.2, 0.25) is 0 Å². The summed E-state index contributed by atoms with van der Waals surface area (Å²) < 4.78 is 7.36. The van der Waals surface area contributed by atoms with Gasteiger partial charge < -0.3 is 9.30 Å². The van der Waals surface area contributed by atoms with Gasteiger partial charge in [0, 0.05) is 41.7 Å². The van der Waals surface area contributed by atoms with Crippen molar-refractivity contribution >= 4 is 17.7 Å². The number of carbonyl (C=O) groups is 1. The van der Waals surface area contributed by atoms with Gasteiger partial charge >= 0.3 is 0 Å². The second kappa shape index (κ2) is 9.75. The lowest BCUT2D eigenvalue weighted by molar-refractivity contribution is 0.106. The molecule has 0 unspecified atom stereocenters. The Labute approximate surface area is 171 Å². The Hall–Kier alpha value is -3.31. The summed E-state index contributed by atoms with van der Waals surface area (Å²) in [6.45, 7) is 5.53. The summed E-state index contributed by atoms with van der Waals surface area (Å²) in [4.78, 5) is 13.0. The Morgan fingerprint density at radius 1 is 1.00 bits per heavy atom. The van der Waals surface area contributed by atoms with E-state index >= 15 is 0 Å². The van der Waals surface area contributed by atoms with Crippen molar-refractivity contribution in [2.24, 2.45) is 10.2 Å². The first-order chi connectivity index (χ1) is 14.1. The van der Waals surface area contributed by atoms with Gasteiger partial charge in [-0.2, -0.15) is 5.10 Å². The molecule has 2 aromatic carbocycles. The quantitative estimate of drug-likeness (QED) is 0.326. The van der Waals surface area contributed by atoms with Gasteiger partial charge in [-0.25, -0.2) is 0 Å². The second-order valence-electron chi connectivity index (χ2n) is 6.73. The van der Waals surface area contributed by atoms with E-state index in [1.807, 2.05) is 55.5 Å². The van der Waals surface area contributed by atoms with E-state index in [2.05, 4.69) is 27.8 Å². The Morgan fingerprint density at radius 2 is 1.62 bits per heavy atom. The molecule has 0 aliphatic carbocycles. The highest BCUT2D eigenvalue weighted by Crippen LogP contribution is 2.14. The molecule has 0 aliphatic rings. The Morgan fingerprint density at radius 3 is 2.24 bits per heavy atom. The molecule has 1 heterocycles. The molecule has 3 aromatic rings. The number of Topliss-reactive ketones (excluding diaryl/α,β-unsaturated/α-hetero) is 1. The molecule has 0 atom stereocenters. The predicted molar refractivity (Wildman–Crippen MR) is 117 cm³/mol. The van der Waals surface area contributed by atoms with Gasteiger partial charge in [0.05, 0.1) is 12.8 Å². The molecule has 1 aromatic heterocycles. The Bertz CT molecular complexity index is 1020. The van der Waals surface area contributed by atoms with Gasteiger partial charge in [0.15, 0.2) is 0 Å². The molecule has 0 N–H and O–H groups in total. The van der Waals surface area contributed by atoms with Crippen LogP contribution in [-0.4, -0.2) is 36.0 Å². The summed E-state index contributed by atoms with van der Waals surface area (Å²) in [6, 6.07) is 20.6. The first kappa shape index (κ1) is 20.4. The van der Waals surface area contributed by atoms with Crippen LogP contribution in [0.3, 0.4) is 0 Å². The molecule has 3 rings (SSSR count). The van der Waals surface area contributed by atoms with Gasteiger partial charge in [-0.05, 0) is 19.9 Å². The van der Waals surface area contributed by atoms with Crippen LogP contribution >= 0.6 is 0 Å². The van der Waals surface area contributed by atoms with Crippen molar-refractivity contribution in [2.45, 2.75) is 20.4 Å². The molecule has 0 aliphatic heterocycles. The lowest BCUT2D eigenvalue weighted by Crippen LogP contribution is -2.15. The molecule has 5 heteroatoms. The SMILES string of the molecule is COCCn1c(C)cc(/C=N/N=C(/C(=O)c2ccccc2)c2ccccc2)c1C. The highest BCUT2D eigenvalue weighted by Gasteiger charge is 2.16. The largest absolute Gasteiger partial charge is 0.383 e. The Balaban J connectivity index is 1.92. The number of nitrogens with zero attached hydrogens (tertiary/aromatic N) is 3. The third-order valence-corrected chi connectivity index (χ3v) is 4.78. The molecule has 0 spiro atoms. The van der Waals surface area contributed by atoms with E-state index in [1.165, 1.54) is 0 Å². The summed E-state index contributed by atoms with van der Waals surface area (Å²) in [5, 5.41) is 8.57. The monoisotopic (exact) mass is 387 g/mol. The third-order valence-electron chi connectivity index (χ3n) is 4.78. The predicted octanol–water partition coefficient (Wildman–Crippen LogP) is 4.46. The van der Waals surface area contributed by atoms with E-state index in [4.69, 9.17) is 4.74 Å². The van der Waals surface area contributed by atoms with E-state index in [-0.39, 0.29) is 5.78 Å². The topological polar surface area (TPSA) is 55.9 Å². The maximum absolute atomic E-state index is 13.0. The minimum absolute atomic E-state index is 0.153. The number of ketones is 1. The summed E-state index contributed by atoms with van der Waals surface area (Å²) in [6.07, 6.45) is 1.70. The standard InChI is InChI=1S/C24H25N3O2/c1-18-16-22(19(2)27(18)14-15-29-3)17-25-26-23(20-10-6-4-7-11-20)24(28)21-12-8-5-9-13-21/h4-13,16-17H,14-15H2,1-3H3/b25-17+,26-23+. The summed E-state index contributed by atoms with van der Waals surface area (Å²) >= 11 is 0. The van der Waals surface area contributed by atoms with Gasteiger partial charge in [0.2, 0.25) is 5.78 Å². The van der Waals surface area contributed by atoms with Crippen LogP contribution in [0.25, 0.3) is 0 Å². The van der Waals surface area contributed by atoms with Crippen molar-refractivity contribution in [1.82, 2.24) is 4.57 Å². The highest BCUT2D eigenvalue weighted by molar-refractivity contribution is 6.51. The summed E-state index contributed by atoms with van der Waals surface area (Å²) in [5.74, 6) is -0.153. The van der Waals surface area contributed by atoms with E-state index in [0.717, 1.165) is 29.1 Å². The molecule has 0 radical (unpaired) electrons. The van der Waals surface area contributed by atoms with Crippen LogP contribution in [0.4, 0.5) is 0 Å². The van der Waals surface area contributed by atoms with Crippen molar-refractivity contribution in [3.63, 3.8) is 0 Å². The van der Waals surface area contributed by atoms with E-state index in [1.54, 1.807) is 25.5 Å². The van der Waals surface area contributed by atoms with E-state index in [9.17, 15) is 4.79 Å². The first-order valence-corrected chi connectivity index (χ1v) is 9.53. The fraction of sp³-hybridized carbons (Fsp3) is 0.208. The smallest absolute Gasteiger partial charge is 0.213 e. The lowest BCUT2D eigenvalue weighted by Gasteiger charge is -2.08. The maximum atomic E-state index is 13.0.